The van der Waals surface area contributed by atoms with Crippen molar-refractivity contribution in [3.05, 3.63) is 218 Å². The Morgan fingerprint density at radius 2 is 0.671 bits per heavy atom. The predicted molar refractivity (Wildman–Crippen MR) is 299 cm³/mol. The minimum atomic E-state index is 0.725. The van der Waals surface area contributed by atoms with Gasteiger partial charge in [-0.05, 0) is 109 Å². The molecule has 344 valence electrons. The van der Waals surface area contributed by atoms with Gasteiger partial charge in [-0.3, -0.25) is 0 Å². The van der Waals surface area contributed by atoms with Crippen LogP contribution in [0.15, 0.2) is 229 Å². The molecule has 7 nitrogen and oxygen atoms in total. The number of nitrogens with zero attached hydrogens (tertiary/aromatic N) is 2. The predicted octanol–water partition coefficient (Wildman–Crippen LogP) is 19.9. The van der Waals surface area contributed by atoms with Crippen molar-refractivity contribution < 1.29 is 22.1 Å². The highest BCUT2D eigenvalue weighted by Crippen LogP contribution is 2.55. The lowest BCUT2D eigenvalue weighted by Crippen LogP contribution is -2.11. The van der Waals surface area contributed by atoms with Gasteiger partial charge in [-0.1, -0.05) is 121 Å². The molecule has 0 fully saturated rings. The van der Waals surface area contributed by atoms with Crippen molar-refractivity contribution in [2.75, 3.05) is 9.80 Å². The average molecular weight is 941 g/mol. The van der Waals surface area contributed by atoms with Gasteiger partial charge >= 0.3 is 0 Å². The molecule has 0 N–H and O–H groups in total. The highest BCUT2D eigenvalue weighted by molar-refractivity contribution is 6.40. The minimum Gasteiger partial charge on any atom is -0.464 e. The molecule has 0 aliphatic heterocycles. The first-order valence-corrected chi connectivity index (χ1v) is 24.6. The highest BCUT2D eigenvalue weighted by Gasteiger charge is 2.31. The number of para-hydroxylation sites is 6. The number of fused-ring (bicyclic) bond motifs is 20. The molecular weight excluding hydrogens is 901 g/mol. The standard InChI is InChI=1S/C66H40N2O5/c1-37-15-11-17-39(33-37)67(50-25-13-23-43-41-19-3-7-27-54(41)70-63(43)50)52-35-48-45-31-32-69-62(45)49-36-53(68(40-18-12-16-38(2)34-40)51-26-14-24-44-42-20-4-8-28-55(42)71-64(44)51)59-47-22-6-10-30-57(47)73-66(59)61(49)60(48)65-58(52)46-21-5-9-29-56(46)72-65/h3-36H,1-2H3. The van der Waals surface area contributed by atoms with Crippen LogP contribution in [0.25, 0.3) is 120 Å². The lowest BCUT2D eigenvalue weighted by molar-refractivity contribution is 0.619. The fourth-order valence-electron chi connectivity index (χ4n) is 11.9. The highest BCUT2D eigenvalue weighted by atomic mass is 16.3. The van der Waals surface area contributed by atoms with E-state index in [1.54, 1.807) is 6.26 Å². The van der Waals surface area contributed by atoms with Gasteiger partial charge in [-0.25, -0.2) is 0 Å². The van der Waals surface area contributed by atoms with Crippen LogP contribution in [0.4, 0.5) is 34.1 Å². The van der Waals surface area contributed by atoms with Crippen molar-refractivity contribution in [2.24, 2.45) is 0 Å². The molecule has 0 bridgehead atoms. The molecule has 0 amide bonds. The molecule has 16 aromatic rings. The summed E-state index contributed by atoms with van der Waals surface area (Å²) in [6, 6.07) is 70.1. The summed E-state index contributed by atoms with van der Waals surface area (Å²) in [6.45, 7) is 4.27. The van der Waals surface area contributed by atoms with Crippen LogP contribution < -0.4 is 9.80 Å². The number of anilines is 6. The zero-order valence-electron chi connectivity index (χ0n) is 39.6. The summed E-state index contributed by atoms with van der Waals surface area (Å²) >= 11 is 0. The van der Waals surface area contributed by atoms with Crippen molar-refractivity contribution in [3.63, 3.8) is 0 Å². The number of benzene rings is 11. The Kier molecular flexibility index (Phi) is 8.18. The number of hydrogen-bond acceptors (Lipinski definition) is 7. The van der Waals surface area contributed by atoms with E-state index >= 15 is 0 Å². The van der Waals surface area contributed by atoms with Crippen LogP contribution >= 0.6 is 0 Å². The molecule has 0 unspecified atom stereocenters. The molecular formula is C66H40N2O5. The van der Waals surface area contributed by atoms with Crippen molar-refractivity contribution >= 4 is 154 Å². The smallest absolute Gasteiger partial charge is 0.159 e. The van der Waals surface area contributed by atoms with E-state index in [2.05, 4.69) is 187 Å². The van der Waals surface area contributed by atoms with Gasteiger partial charge in [0.2, 0.25) is 0 Å². The monoisotopic (exact) mass is 940 g/mol. The van der Waals surface area contributed by atoms with Crippen molar-refractivity contribution in [2.45, 2.75) is 13.8 Å². The average Bonchev–Trinajstić information content (AvgIpc) is 4.28. The number of furan rings is 5. The molecule has 0 radical (unpaired) electrons. The molecule has 0 saturated heterocycles. The summed E-state index contributed by atoms with van der Waals surface area (Å²) in [5.74, 6) is 0. The van der Waals surface area contributed by atoms with Crippen LogP contribution in [0.2, 0.25) is 0 Å². The van der Waals surface area contributed by atoms with Crippen molar-refractivity contribution in [1.29, 1.82) is 0 Å². The molecule has 16 rings (SSSR count). The summed E-state index contributed by atoms with van der Waals surface area (Å²) in [5.41, 5.74) is 14.9. The zero-order valence-corrected chi connectivity index (χ0v) is 39.6. The Hall–Kier alpha value is -9.72. The van der Waals surface area contributed by atoms with E-state index in [9.17, 15) is 0 Å². The maximum Gasteiger partial charge on any atom is 0.159 e. The fraction of sp³-hybridized carbons (Fsp3) is 0.0303. The lowest BCUT2D eigenvalue weighted by atomic mass is 9.92. The van der Waals surface area contributed by atoms with E-state index < -0.39 is 0 Å². The Morgan fingerprint density at radius 3 is 1.18 bits per heavy atom. The molecule has 0 saturated carbocycles. The molecule has 5 heterocycles. The molecule has 11 aromatic carbocycles. The molecule has 7 heteroatoms. The minimum absolute atomic E-state index is 0.725. The number of aryl methyl sites for hydroxylation is 2. The third-order valence-electron chi connectivity index (χ3n) is 15.0. The Balaban J connectivity index is 1.08. The first-order chi connectivity index (χ1) is 36.0. The van der Waals surface area contributed by atoms with Crippen molar-refractivity contribution in [1.82, 2.24) is 0 Å². The van der Waals surface area contributed by atoms with Gasteiger partial charge in [0.05, 0.1) is 39.8 Å². The van der Waals surface area contributed by atoms with Crippen LogP contribution in [-0.2, 0) is 0 Å². The van der Waals surface area contributed by atoms with Crippen molar-refractivity contribution in [3.8, 4) is 0 Å². The van der Waals surface area contributed by atoms with Gasteiger partial charge in [0.15, 0.2) is 11.2 Å². The molecule has 0 aliphatic rings. The van der Waals surface area contributed by atoms with Crippen LogP contribution in [0.3, 0.4) is 0 Å². The summed E-state index contributed by atoms with van der Waals surface area (Å²) in [7, 11) is 0. The second-order valence-electron chi connectivity index (χ2n) is 19.3. The van der Waals surface area contributed by atoms with E-state index in [1.165, 1.54) is 0 Å². The van der Waals surface area contributed by atoms with Gasteiger partial charge in [-0.2, -0.15) is 0 Å². The summed E-state index contributed by atoms with van der Waals surface area (Å²) in [4.78, 5) is 4.68. The maximum atomic E-state index is 7.31. The van der Waals surface area contributed by atoms with Gasteiger partial charge in [0.25, 0.3) is 0 Å². The summed E-state index contributed by atoms with van der Waals surface area (Å²) in [5, 5.41) is 12.7. The molecule has 73 heavy (non-hydrogen) atoms. The van der Waals surface area contributed by atoms with Gasteiger partial charge in [0, 0.05) is 65.2 Å². The van der Waals surface area contributed by atoms with Crippen LogP contribution in [-0.4, -0.2) is 0 Å². The normalized spacial score (nSPS) is 12.2. The van der Waals surface area contributed by atoms with E-state index in [0.717, 1.165) is 166 Å². The Bertz CT molecular complexity index is 4670. The summed E-state index contributed by atoms with van der Waals surface area (Å²) < 4.78 is 35.0. The summed E-state index contributed by atoms with van der Waals surface area (Å²) in [6.07, 6.45) is 1.80. The topological polar surface area (TPSA) is 72.2 Å². The number of rotatable bonds is 6. The second-order valence-corrected chi connectivity index (χ2v) is 19.3. The molecule has 5 aromatic heterocycles. The van der Waals surface area contributed by atoms with Gasteiger partial charge in [-0.15, -0.1) is 0 Å². The van der Waals surface area contributed by atoms with E-state index in [1.807, 2.05) is 36.4 Å². The van der Waals surface area contributed by atoms with Crippen LogP contribution in [0.1, 0.15) is 11.1 Å². The Morgan fingerprint density at radius 1 is 0.274 bits per heavy atom. The van der Waals surface area contributed by atoms with Gasteiger partial charge in [0.1, 0.15) is 39.1 Å². The first-order valence-electron chi connectivity index (χ1n) is 24.6. The first kappa shape index (κ1) is 40.1. The quantitative estimate of drug-likeness (QED) is 0.154. The fourth-order valence-corrected chi connectivity index (χ4v) is 11.9. The zero-order chi connectivity index (χ0) is 48.1. The SMILES string of the molecule is Cc1cccc(N(c2cccc3c2oc2ccccc23)c2cc3c4ccoc4c4cc(N(c5cccc(C)c5)c5cccc6c5oc5ccccc56)c5c6ccccc6oc5c4c3c3oc4ccccc4c23)c1. The van der Waals surface area contributed by atoms with Crippen LogP contribution in [0, 0.1) is 13.8 Å². The second kappa shape index (κ2) is 14.9. The molecule has 0 atom stereocenters. The maximum absolute atomic E-state index is 7.31. The largest absolute Gasteiger partial charge is 0.464 e. The Labute approximate surface area is 415 Å². The van der Waals surface area contributed by atoms with Gasteiger partial charge < -0.3 is 31.9 Å². The third kappa shape index (κ3) is 5.64. The molecule has 0 aliphatic carbocycles. The van der Waals surface area contributed by atoms with E-state index in [4.69, 9.17) is 22.1 Å². The molecule has 0 spiro atoms. The number of hydrogen-bond donors (Lipinski definition) is 0. The van der Waals surface area contributed by atoms with E-state index in [0.29, 0.717) is 0 Å². The van der Waals surface area contributed by atoms with Crippen LogP contribution in [0.5, 0.6) is 0 Å². The lowest BCUT2D eigenvalue weighted by Gasteiger charge is -2.28. The third-order valence-corrected chi connectivity index (χ3v) is 15.0. The van der Waals surface area contributed by atoms with E-state index in [-0.39, 0.29) is 0 Å².